The van der Waals surface area contributed by atoms with Crippen LogP contribution in [0.2, 0.25) is 0 Å². The van der Waals surface area contributed by atoms with Gasteiger partial charge in [-0.15, -0.1) is 6.58 Å². The quantitative estimate of drug-likeness (QED) is 0.0852. The summed E-state index contributed by atoms with van der Waals surface area (Å²) in [4.78, 5) is 12.6. The molecule has 1 aliphatic rings. The Hall–Kier alpha value is -2.55. The minimum absolute atomic E-state index is 0.337. The summed E-state index contributed by atoms with van der Waals surface area (Å²) < 4.78 is 11.4. The fraction of sp³-hybridized carbons (Fsp3) is 0.571. The smallest absolute Gasteiger partial charge is 0.343 e. The van der Waals surface area contributed by atoms with E-state index in [4.69, 9.17) is 9.47 Å². The number of benzene rings is 2. The molecule has 3 nitrogen and oxygen atoms in total. The summed E-state index contributed by atoms with van der Waals surface area (Å²) in [6.07, 6.45) is 22.8. The van der Waals surface area contributed by atoms with Gasteiger partial charge in [0.25, 0.3) is 0 Å². The molecule has 3 heteroatoms. The molecule has 208 valence electrons. The van der Waals surface area contributed by atoms with Crippen molar-refractivity contribution in [1.82, 2.24) is 0 Å². The Bertz CT molecular complexity index is 907. The second-order valence-corrected chi connectivity index (χ2v) is 11.2. The number of carbonyl (C=O) groups is 1. The van der Waals surface area contributed by atoms with E-state index in [0.717, 1.165) is 49.7 Å². The van der Waals surface area contributed by atoms with Gasteiger partial charge in [-0.05, 0) is 92.3 Å². The molecule has 2 aromatic rings. The van der Waals surface area contributed by atoms with Crippen molar-refractivity contribution in [2.45, 2.75) is 110 Å². The first-order chi connectivity index (χ1) is 18.7. The molecule has 38 heavy (non-hydrogen) atoms. The molecule has 0 aromatic heterocycles. The van der Waals surface area contributed by atoms with Gasteiger partial charge in [0, 0.05) is 0 Å². The molecule has 0 radical (unpaired) electrons. The molecule has 1 saturated carbocycles. The number of hydrogen-bond acceptors (Lipinski definition) is 3. The maximum atomic E-state index is 12.6. The fourth-order valence-electron chi connectivity index (χ4n) is 5.55. The SMILES string of the molecule is C=CCCCCCOc1ccc(C(=O)Oc2ccc(CCC3CCC(CCCCCCC)CC3)cc2)cc1. The lowest BCUT2D eigenvalue weighted by Gasteiger charge is -2.28. The zero-order valence-corrected chi connectivity index (χ0v) is 23.8. The third-order valence-electron chi connectivity index (χ3n) is 8.07. The predicted octanol–water partition coefficient (Wildman–Crippen LogP) is 10.1. The Balaban J connectivity index is 1.31. The van der Waals surface area contributed by atoms with Crippen molar-refractivity contribution in [2.75, 3.05) is 6.61 Å². The molecule has 2 aromatic carbocycles. The van der Waals surface area contributed by atoms with E-state index < -0.39 is 0 Å². The summed E-state index contributed by atoms with van der Waals surface area (Å²) in [5, 5.41) is 0. The van der Waals surface area contributed by atoms with Crippen molar-refractivity contribution in [3.63, 3.8) is 0 Å². The van der Waals surface area contributed by atoms with Crippen molar-refractivity contribution < 1.29 is 14.3 Å². The Kier molecular flexibility index (Phi) is 14.1. The van der Waals surface area contributed by atoms with Gasteiger partial charge < -0.3 is 9.47 Å². The monoisotopic (exact) mass is 518 g/mol. The van der Waals surface area contributed by atoms with Crippen LogP contribution in [-0.2, 0) is 6.42 Å². The molecule has 1 fully saturated rings. The van der Waals surface area contributed by atoms with Gasteiger partial charge in [-0.25, -0.2) is 4.79 Å². The fourth-order valence-corrected chi connectivity index (χ4v) is 5.55. The van der Waals surface area contributed by atoms with Gasteiger partial charge in [0.2, 0.25) is 0 Å². The van der Waals surface area contributed by atoms with E-state index in [-0.39, 0.29) is 5.97 Å². The number of rotatable bonds is 18. The molecular formula is C35H50O3. The lowest BCUT2D eigenvalue weighted by molar-refractivity contribution is 0.0734. The molecule has 3 rings (SSSR count). The second-order valence-electron chi connectivity index (χ2n) is 11.2. The highest BCUT2D eigenvalue weighted by Gasteiger charge is 2.20. The van der Waals surface area contributed by atoms with Gasteiger partial charge in [0.1, 0.15) is 11.5 Å². The second kappa shape index (κ2) is 17.9. The first-order valence-electron chi connectivity index (χ1n) is 15.3. The summed E-state index contributed by atoms with van der Waals surface area (Å²) in [6, 6.07) is 15.3. The van der Waals surface area contributed by atoms with Crippen LogP contribution >= 0.6 is 0 Å². The zero-order valence-electron chi connectivity index (χ0n) is 23.8. The van der Waals surface area contributed by atoms with Crippen LogP contribution in [0, 0.1) is 11.8 Å². The average Bonchev–Trinajstić information content (AvgIpc) is 2.95. The third kappa shape index (κ3) is 11.5. The molecule has 0 unspecified atom stereocenters. The van der Waals surface area contributed by atoms with Crippen LogP contribution in [0.5, 0.6) is 11.5 Å². The number of ether oxygens (including phenoxy) is 2. The normalized spacial score (nSPS) is 17.2. The number of hydrogen-bond donors (Lipinski definition) is 0. The Morgan fingerprint density at radius 3 is 2.11 bits per heavy atom. The third-order valence-corrected chi connectivity index (χ3v) is 8.07. The first kappa shape index (κ1) is 30.0. The highest BCUT2D eigenvalue weighted by molar-refractivity contribution is 5.91. The van der Waals surface area contributed by atoms with Gasteiger partial charge >= 0.3 is 5.97 Å². The Morgan fingerprint density at radius 1 is 0.789 bits per heavy atom. The summed E-state index contributed by atoms with van der Waals surface area (Å²) >= 11 is 0. The van der Waals surface area contributed by atoms with Crippen LogP contribution in [0.4, 0.5) is 0 Å². The molecule has 1 aliphatic carbocycles. The van der Waals surface area contributed by atoms with E-state index in [9.17, 15) is 4.79 Å². The maximum Gasteiger partial charge on any atom is 0.343 e. The van der Waals surface area contributed by atoms with Gasteiger partial charge in [-0.2, -0.15) is 0 Å². The van der Waals surface area contributed by atoms with Crippen LogP contribution in [0.1, 0.15) is 119 Å². The van der Waals surface area contributed by atoms with Crippen LogP contribution in [-0.4, -0.2) is 12.6 Å². The van der Waals surface area contributed by atoms with Crippen molar-refractivity contribution in [3.8, 4) is 11.5 Å². The van der Waals surface area contributed by atoms with Crippen molar-refractivity contribution in [1.29, 1.82) is 0 Å². The molecule has 0 amide bonds. The first-order valence-corrected chi connectivity index (χ1v) is 15.3. The maximum absolute atomic E-state index is 12.6. The summed E-state index contributed by atoms with van der Waals surface area (Å²) in [6.45, 7) is 6.72. The van der Waals surface area contributed by atoms with Crippen molar-refractivity contribution >= 4 is 5.97 Å². The highest BCUT2D eigenvalue weighted by atomic mass is 16.5. The molecular weight excluding hydrogens is 468 g/mol. The molecule has 0 atom stereocenters. The van der Waals surface area contributed by atoms with Crippen molar-refractivity contribution in [3.05, 3.63) is 72.3 Å². The van der Waals surface area contributed by atoms with E-state index in [1.165, 1.54) is 76.2 Å². The molecule has 0 spiro atoms. The molecule has 0 saturated heterocycles. The van der Waals surface area contributed by atoms with E-state index in [1.807, 2.05) is 30.3 Å². The Labute approximate surface area is 232 Å². The van der Waals surface area contributed by atoms with E-state index >= 15 is 0 Å². The van der Waals surface area contributed by atoms with Crippen LogP contribution in [0.15, 0.2) is 61.2 Å². The standard InChI is InChI=1S/C35H50O3/c1-3-5-7-9-11-13-29-14-16-30(17-15-29)18-19-31-20-24-34(25-21-31)38-35(36)32-22-26-33(27-23-32)37-28-12-10-8-6-4-2/h4,20-27,29-30H,2-3,5-19,28H2,1H3. The van der Waals surface area contributed by atoms with E-state index in [1.54, 1.807) is 12.1 Å². The van der Waals surface area contributed by atoms with Crippen LogP contribution in [0.25, 0.3) is 0 Å². The minimum atomic E-state index is -0.337. The molecule has 0 N–H and O–H groups in total. The minimum Gasteiger partial charge on any atom is -0.494 e. The topological polar surface area (TPSA) is 35.5 Å². The van der Waals surface area contributed by atoms with E-state index in [0.29, 0.717) is 17.9 Å². The summed E-state index contributed by atoms with van der Waals surface area (Å²) in [5.41, 5.74) is 1.86. The summed E-state index contributed by atoms with van der Waals surface area (Å²) in [7, 11) is 0. The van der Waals surface area contributed by atoms with Gasteiger partial charge in [-0.1, -0.05) is 89.3 Å². The van der Waals surface area contributed by atoms with Gasteiger partial charge in [0.05, 0.1) is 12.2 Å². The Morgan fingerprint density at radius 2 is 1.42 bits per heavy atom. The number of esters is 1. The number of allylic oxidation sites excluding steroid dienone is 1. The van der Waals surface area contributed by atoms with Gasteiger partial charge in [-0.3, -0.25) is 0 Å². The molecule has 0 aliphatic heterocycles. The summed E-state index contributed by atoms with van der Waals surface area (Å²) in [5.74, 6) is 2.88. The highest BCUT2D eigenvalue weighted by Crippen LogP contribution is 2.34. The largest absolute Gasteiger partial charge is 0.494 e. The van der Waals surface area contributed by atoms with E-state index in [2.05, 4.69) is 25.6 Å². The number of carbonyl (C=O) groups excluding carboxylic acids is 1. The number of aryl methyl sites for hydroxylation is 1. The lowest BCUT2D eigenvalue weighted by Crippen LogP contribution is -2.15. The number of unbranched alkanes of at least 4 members (excludes halogenated alkanes) is 7. The lowest BCUT2D eigenvalue weighted by atomic mass is 9.78. The van der Waals surface area contributed by atoms with Gasteiger partial charge in [0.15, 0.2) is 0 Å². The van der Waals surface area contributed by atoms with Crippen LogP contribution in [0.3, 0.4) is 0 Å². The van der Waals surface area contributed by atoms with Crippen molar-refractivity contribution in [2.24, 2.45) is 11.8 Å². The average molecular weight is 519 g/mol. The zero-order chi connectivity index (χ0) is 26.8. The predicted molar refractivity (Wildman–Crippen MR) is 159 cm³/mol. The molecule has 0 heterocycles. The van der Waals surface area contributed by atoms with Crippen LogP contribution < -0.4 is 9.47 Å². The molecule has 0 bridgehead atoms.